The van der Waals surface area contributed by atoms with E-state index in [4.69, 9.17) is 0 Å². The quantitative estimate of drug-likeness (QED) is 0.694. The zero-order chi connectivity index (χ0) is 14.4. The number of aryl methyl sites for hydroxylation is 1. The summed E-state index contributed by atoms with van der Waals surface area (Å²) in [5.41, 5.74) is 2.09. The molecular formula is C18H31N. The first kappa shape index (κ1) is 16.2. The maximum Gasteiger partial charge on any atom is 0.0130 e. The molecular weight excluding hydrogens is 230 g/mol. The third kappa shape index (κ3) is 8.05. The van der Waals surface area contributed by atoms with Crippen molar-refractivity contribution in [3.05, 3.63) is 35.9 Å². The molecule has 0 atom stereocenters. The Hall–Kier alpha value is -0.820. The van der Waals surface area contributed by atoms with Crippen LogP contribution in [0.5, 0.6) is 0 Å². The van der Waals surface area contributed by atoms with Crippen LogP contribution in [0.4, 0.5) is 0 Å². The van der Waals surface area contributed by atoms with E-state index in [0.717, 1.165) is 6.54 Å². The van der Waals surface area contributed by atoms with Gasteiger partial charge in [-0.2, -0.15) is 0 Å². The number of nitrogens with one attached hydrogen (secondary N) is 1. The van der Waals surface area contributed by atoms with E-state index >= 15 is 0 Å². The summed E-state index contributed by atoms with van der Waals surface area (Å²) in [7, 11) is 0. The molecule has 0 spiro atoms. The minimum atomic E-state index is 0.241. The summed E-state index contributed by atoms with van der Waals surface area (Å²) < 4.78 is 0. The lowest BCUT2D eigenvalue weighted by molar-refractivity contribution is 0.241. The van der Waals surface area contributed by atoms with Gasteiger partial charge >= 0.3 is 0 Å². The van der Waals surface area contributed by atoms with Gasteiger partial charge in [-0.15, -0.1) is 0 Å². The third-order valence-corrected chi connectivity index (χ3v) is 3.31. The fourth-order valence-corrected chi connectivity index (χ4v) is 2.91. The Kier molecular flexibility index (Phi) is 6.06. The molecule has 0 aliphatic carbocycles. The van der Waals surface area contributed by atoms with Gasteiger partial charge < -0.3 is 5.32 Å². The van der Waals surface area contributed by atoms with Gasteiger partial charge in [-0.1, -0.05) is 51.1 Å². The summed E-state index contributed by atoms with van der Waals surface area (Å²) in [6.45, 7) is 12.7. The van der Waals surface area contributed by atoms with Crippen LogP contribution in [0.15, 0.2) is 30.3 Å². The van der Waals surface area contributed by atoms with Crippen LogP contribution in [-0.2, 0) is 6.42 Å². The highest BCUT2D eigenvalue weighted by molar-refractivity contribution is 5.14. The minimum absolute atomic E-state index is 0.241. The summed E-state index contributed by atoms with van der Waals surface area (Å²) >= 11 is 0. The van der Waals surface area contributed by atoms with Crippen LogP contribution in [0, 0.1) is 5.41 Å². The van der Waals surface area contributed by atoms with Crippen molar-refractivity contribution in [2.45, 2.75) is 65.8 Å². The van der Waals surface area contributed by atoms with Gasteiger partial charge in [-0.05, 0) is 57.1 Å². The lowest BCUT2D eigenvalue weighted by Gasteiger charge is -2.33. The fourth-order valence-electron chi connectivity index (χ4n) is 2.91. The van der Waals surface area contributed by atoms with E-state index in [0.29, 0.717) is 5.41 Å². The van der Waals surface area contributed by atoms with Crippen LogP contribution in [0.3, 0.4) is 0 Å². The Morgan fingerprint density at radius 1 is 0.895 bits per heavy atom. The Morgan fingerprint density at radius 2 is 1.53 bits per heavy atom. The highest BCUT2D eigenvalue weighted by Crippen LogP contribution is 2.26. The lowest BCUT2D eigenvalue weighted by Crippen LogP contribution is -2.42. The van der Waals surface area contributed by atoms with Crippen molar-refractivity contribution in [3.63, 3.8) is 0 Å². The Balaban J connectivity index is 2.17. The molecule has 1 heteroatoms. The van der Waals surface area contributed by atoms with E-state index in [1.807, 2.05) is 0 Å². The molecule has 0 amide bonds. The molecule has 1 rings (SSSR count). The van der Waals surface area contributed by atoms with Crippen LogP contribution >= 0.6 is 0 Å². The zero-order valence-electron chi connectivity index (χ0n) is 13.4. The summed E-state index contributed by atoms with van der Waals surface area (Å²) in [5, 5.41) is 3.70. The maximum absolute atomic E-state index is 3.70. The van der Waals surface area contributed by atoms with Gasteiger partial charge in [0, 0.05) is 5.54 Å². The highest BCUT2D eigenvalue weighted by atomic mass is 14.9. The van der Waals surface area contributed by atoms with Crippen LogP contribution in [0.2, 0.25) is 0 Å². The van der Waals surface area contributed by atoms with Crippen molar-refractivity contribution >= 4 is 0 Å². The average Bonchev–Trinajstić information content (AvgIpc) is 2.26. The van der Waals surface area contributed by atoms with Crippen molar-refractivity contribution in [1.82, 2.24) is 5.32 Å². The predicted molar refractivity (Wildman–Crippen MR) is 85.5 cm³/mol. The van der Waals surface area contributed by atoms with Crippen LogP contribution in [0.1, 0.15) is 59.4 Å². The van der Waals surface area contributed by atoms with E-state index in [1.165, 1.54) is 31.2 Å². The van der Waals surface area contributed by atoms with Gasteiger partial charge in [0.1, 0.15) is 0 Å². The summed E-state index contributed by atoms with van der Waals surface area (Å²) in [6.07, 6.45) is 4.92. The normalized spacial score (nSPS) is 12.7. The molecule has 1 nitrogen and oxygen atoms in total. The molecule has 1 aromatic carbocycles. The van der Waals surface area contributed by atoms with Gasteiger partial charge in [-0.25, -0.2) is 0 Å². The SMILES string of the molecule is CC(C)(C)CC(C)(C)NCCCCc1ccccc1. The van der Waals surface area contributed by atoms with Crippen molar-refractivity contribution < 1.29 is 0 Å². The van der Waals surface area contributed by atoms with Gasteiger partial charge in [0.2, 0.25) is 0 Å². The molecule has 0 unspecified atom stereocenters. The standard InChI is InChI=1S/C18H31N/c1-17(2,3)15-18(4,5)19-14-10-9-13-16-11-7-6-8-12-16/h6-8,11-12,19H,9-10,13-15H2,1-5H3. The predicted octanol–water partition coefficient (Wildman–Crippen LogP) is 4.81. The number of rotatable bonds is 7. The first-order valence-electron chi connectivity index (χ1n) is 7.57. The van der Waals surface area contributed by atoms with Gasteiger partial charge in [0.05, 0.1) is 0 Å². The molecule has 19 heavy (non-hydrogen) atoms. The number of unbranched alkanes of at least 4 members (excludes halogenated alkanes) is 1. The van der Waals surface area contributed by atoms with Gasteiger partial charge in [0.15, 0.2) is 0 Å². The molecule has 1 N–H and O–H groups in total. The van der Waals surface area contributed by atoms with Crippen LogP contribution in [-0.4, -0.2) is 12.1 Å². The van der Waals surface area contributed by atoms with E-state index < -0.39 is 0 Å². The second-order valence-corrected chi connectivity index (χ2v) is 7.49. The van der Waals surface area contributed by atoms with Crippen molar-refractivity contribution in [2.75, 3.05) is 6.54 Å². The maximum atomic E-state index is 3.70. The molecule has 0 radical (unpaired) electrons. The summed E-state index contributed by atoms with van der Waals surface area (Å²) in [5.74, 6) is 0. The highest BCUT2D eigenvalue weighted by Gasteiger charge is 2.24. The Bertz CT molecular complexity index is 346. The monoisotopic (exact) mass is 261 g/mol. The van der Waals surface area contributed by atoms with E-state index in [2.05, 4.69) is 70.3 Å². The topological polar surface area (TPSA) is 12.0 Å². The van der Waals surface area contributed by atoms with E-state index in [1.54, 1.807) is 0 Å². The van der Waals surface area contributed by atoms with Gasteiger partial charge in [-0.3, -0.25) is 0 Å². The molecule has 0 aliphatic rings. The lowest BCUT2D eigenvalue weighted by atomic mass is 9.82. The van der Waals surface area contributed by atoms with Crippen molar-refractivity contribution in [1.29, 1.82) is 0 Å². The second kappa shape index (κ2) is 7.09. The Labute approximate surface area is 119 Å². The molecule has 0 fully saturated rings. The molecule has 0 saturated carbocycles. The number of hydrogen-bond donors (Lipinski definition) is 1. The number of benzene rings is 1. The van der Waals surface area contributed by atoms with E-state index in [-0.39, 0.29) is 5.54 Å². The molecule has 0 saturated heterocycles. The molecule has 0 heterocycles. The molecule has 1 aromatic rings. The molecule has 108 valence electrons. The summed E-state index contributed by atoms with van der Waals surface area (Å²) in [6, 6.07) is 10.8. The second-order valence-electron chi connectivity index (χ2n) is 7.49. The smallest absolute Gasteiger partial charge is 0.0130 e. The largest absolute Gasteiger partial charge is 0.312 e. The Morgan fingerprint density at radius 3 is 2.11 bits per heavy atom. The average molecular weight is 261 g/mol. The zero-order valence-corrected chi connectivity index (χ0v) is 13.4. The molecule has 0 aromatic heterocycles. The van der Waals surface area contributed by atoms with Crippen molar-refractivity contribution in [3.8, 4) is 0 Å². The van der Waals surface area contributed by atoms with E-state index in [9.17, 15) is 0 Å². The fraction of sp³-hybridized carbons (Fsp3) is 0.667. The summed E-state index contributed by atoms with van der Waals surface area (Å²) in [4.78, 5) is 0. The molecule has 0 aliphatic heterocycles. The minimum Gasteiger partial charge on any atom is -0.312 e. The van der Waals surface area contributed by atoms with Crippen molar-refractivity contribution in [2.24, 2.45) is 5.41 Å². The van der Waals surface area contributed by atoms with Crippen LogP contribution in [0.25, 0.3) is 0 Å². The third-order valence-electron chi connectivity index (χ3n) is 3.31. The molecule has 0 bridgehead atoms. The number of hydrogen-bond acceptors (Lipinski definition) is 1. The van der Waals surface area contributed by atoms with Crippen LogP contribution < -0.4 is 5.32 Å². The first-order chi connectivity index (χ1) is 8.79. The van der Waals surface area contributed by atoms with Gasteiger partial charge in [0.25, 0.3) is 0 Å². The first-order valence-corrected chi connectivity index (χ1v) is 7.57.